The number of hydrogen-bond acceptors (Lipinski definition) is 4. The van der Waals surface area contributed by atoms with Gasteiger partial charge in [-0.2, -0.15) is 0 Å². The third kappa shape index (κ3) is 4.86. The minimum absolute atomic E-state index is 0.702. The van der Waals surface area contributed by atoms with Crippen LogP contribution >= 0.6 is 15.9 Å². The molecule has 1 aliphatic heterocycles. The lowest BCUT2D eigenvalue weighted by molar-refractivity contribution is 0.289. The zero-order valence-corrected chi connectivity index (χ0v) is 15.2. The topological polar surface area (TPSA) is 42.5 Å². The molecule has 0 spiro atoms. The first kappa shape index (κ1) is 17.6. The summed E-state index contributed by atoms with van der Waals surface area (Å²) in [4.78, 5) is 0. The molecule has 1 heterocycles. The van der Waals surface area contributed by atoms with Crippen molar-refractivity contribution in [1.82, 2.24) is 10.6 Å². The fraction of sp³-hybridized carbons (Fsp3) is 0.647. The van der Waals surface area contributed by atoms with E-state index in [4.69, 9.17) is 9.47 Å². The minimum atomic E-state index is 0.702. The number of ether oxygens (including phenoxy) is 2. The third-order valence-corrected chi connectivity index (χ3v) is 4.77. The van der Waals surface area contributed by atoms with Crippen molar-refractivity contribution < 1.29 is 9.47 Å². The molecule has 0 unspecified atom stereocenters. The molecule has 1 fully saturated rings. The summed E-state index contributed by atoms with van der Waals surface area (Å²) in [5, 5.41) is 6.99. The van der Waals surface area contributed by atoms with Crippen LogP contribution in [-0.2, 0) is 6.54 Å². The highest BCUT2D eigenvalue weighted by atomic mass is 79.9. The van der Waals surface area contributed by atoms with Crippen LogP contribution in [0, 0.1) is 5.92 Å². The fourth-order valence-corrected chi connectivity index (χ4v) is 3.21. The standard InChI is InChI=1S/C17H27BrN2O2/c1-3-10-22-17-14(15(18)4-5-16(17)21-2)12-20-11-13-6-8-19-9-7-13/h4-5,13,19-20H,3,6-12H2,1-2H3. The lowest BCUT2D eigenvalue weighted by Gasteiger charge is -2.23. The van der Waals surface area contributed by atoms with Crippen LogP contribution in [0.5, 0.6) is 11.5 Å². The van der Waals surface area contributed by atoms with Gasteiger partial charge in [0, 0.05) is 16.6 Å². The second kappa shape index (κ2) is 9.38. The maximum absolute atomic E-state index is 5.93. The van der Waals surface area contributed by atoms with E-state index in [1.165, 1.54) is 12.8 Å². The summed E-state index contributed by atoms with van der Waals surface area (Å²) in [5.41, 5.74) is 1.14. The van der Waals surface area contributed by atoms with E-state index in [9.17, 15) is 0 Å². The van der Waals surface area contributed by atoms with Gasteiger partial charge < -0.3 is 20.1 Å². The average molecular weight is 371 g/mol. The normalized spacial score (nSPS) is 15.8. The first-order valence-electron chi connectivity index (χ1n) is 8.15. The van der Waals surface area contributed by atoms with Crippen LogP contribution in [0.4, 0.5) is 0 Å². The zero-order chi connectivity index (χ0) is 15.8. The van der Waals surface area contributed by atoms with E-state index in [2.05, 4.69) is 33.5 Å². The van der Waals surface area contributed by atoms with Gasteiger partial charge in [-0.25, -0.2) is 0 Å². The maximum Gasteiger partial charge on any atom is 0.166 e. The number of hydrogen-bond donors (Lipinski definition) is 2. The molecule has 1 aliphatic rings. The van der Waals surface area contributed by atoms with E-state index in [0.717, 1.165) is 60.1 Å². The summed E-state index contributed by atoms with van der Waals surface area (Å²) >= 11 is 3.64. The molecule has 0 aromatic heterocycles. The van der Waals surface area contributed by atoms with Gasteiger partial charge in [0.05, 0.1) is 13.7 Å². The Labute approximate surface area is 142 Å². The van der Waals surface area contributed by atoms with Gasteiger partial charge in [0.1, 0.15) is 0 Å². The Morgan fingerprint density at radius 3 is 2.77 bits per heavy atom. The van der Waals surface area contributed by atoms with Gasteiger partial charge in [-0.15, -0.1) is 0 Å². The van der Waals surface area contributed by atoms with Crippen molar-refractivity contribution >= 4 is 15.9 Å². The largest absolute Gasteiger partial charge is 0.493 e. The molecule has 0 amide bonds. The number of nitrogens with one attached hydrogen (secondary N) is 2. The van der Waals surface area contributed by atoms with E-state index < -0.39 is 0 Å². The molecule has 0 aliphatic carbocycles. The van der Waals surface area contributed by atoms with Crippen LogP contribution < -0.4 is 20.1 Å². The second-order valence-electron chi connectivity index (χ2n) is 5.73. The molecule has 0 bridgehead atoms. The lowest BCUT2D eigenvalue weighted by Crippen LogP contribution is -2.33. The van der Waals surface area contributed by atoms with Gasteiger partial charge in [-0.05, 0) is 56.9 Å². The predicted octanol–water partition coefficient (Wildman–Crippen LogP) is 3.34. The minimum Gasteiger partial charge on any atom is -0.493 e. The Morgan fingerprint density at radius 2 is 2.09 bits per heavy atom. The fourth-order valence-electron chi connectivity index (χ4n) is 2.76. The molecule has 1 aromatic carbocycles. The molecule has 1 saturated heterocycles. The Hall–Kier alpha value is -0.780. The van der Waals surface area contributed by atoms with Crippen LogP contribution in [0.15, 0.2) is 16.6 Å². The average Bonchev–Trinajstić information content (AvgIpc) is 2.56. The number of methoxy groups -OCH3 is 1. The third-order valence-electron chi connectivity index (χ3n) is 4.03. The van der Waals surface area contributed by atoms with Gasteiger partial charge in [0.25, 0.3) is 0 Å². The molecular weight excluding hydrogens is 344 g/mol. The van der Waals surface area contributed by atoms with Crippen LogP contribution in [0.3, 0.4) is 0 Å². The smallest absolute Gasteiger partial charge is 0.166 e. The van der Waals surface area contributed by atoms with E-state index in [-0.39, 0.29) is 0 Å². The monoisotopic (exact) mass is 370 g/mol. The Morgan fingerprint density at radius 1 is 1.32 bits per heavy atom. The number of rotatable bonds is 8. The van der Waals surface area contributed by atoms with Crippen molar-refractivity contribution in [2.75, 3.05) is 33.4 Å². The number of piperidine rings is 1. The summed E-state index contributed by atoms with van der Waals surface area (Å²) in [6.07, 6.45) is 3.49. The quantitative estimate of drug-likeness (QED) is 0.736. The SMILES string of the molecule is CCCOc1c(OC)ccc(Br)c1CNCC1CCNCC1. The van der Waals surface area contributed by atoms with Crippen LogP contribution in [0.25, 0.3) is 0 Å². The van der Waals surface area contributed by atoms with Crippen LogP contribution in [0.1, 0.15) is 31.7 Å². The molecule has 0 radical (unpaired) electrons. The van der Waals surface area contributed by atoms with Gasteiger partial charge >= 0.3 is 0 Å². The van der Waals surface area contributed by atoms with Crippen LogP contribution in [-0.4, -0.2) is 33.4 Å². The summed E-state index contributed by atoms with van der Waals surface area (Å²) in [6, 6.07) is 3.98. The maximum atomic E-state index is 5.93. The van der Waals surface area contributed by atoms with Gasteiger partial charge in [0.2, 0.25) is 0 Å². The molecule has 22 heavy (non-hydrogen) atoms. The van der Waals surface area contributed by atoms with Crippen molar-refractivity contribution in [2.45, 2.75) is 32.7 Å². The van der Waals surface area contributed by atoms with Crippen molar-refractivity contribution in [3.8, 4) is 11.5 Å². The first-order valence-corrected chi connectivity index (χ1v) is 8.95. The summed E-state index contributed by atoms with van der Waals surface area (Å²) in [6.45, 7) is 6.94. The predicted molar refractivity (Wildman–Crippen MR) is 93.8 cm³/mol. The summed E-state index contributed by atoms with van der Waals surface area (Å²) < 4.78 is 12.4. The van der Waals surface area contributed by atoms with E-state index >= 15 is 0 Å². The van der Waals surface area contributed by atoms with Crippen molar-refractivity contribution in [2.24, 2.45) is 5.92 Å². The van der Waals surface area contributed by atoms with Gasteiger partial charge in [0.15, 0.2) is 11.5 Å². The second-order valence-corrected chi connectivity index (χ2v) is 6.58. The number of halogens is 1. The van der Waals surface area contributed by atoms with Crippen molar-refractivity contribution in [3.63, 3.8) is 0 Å². The van der Waals surface area contributed by atoms with E-state index in [0.29, 0.717) is 6.61 Å². The van der Waals surface area contributed by atoms with Crippen molar-refractivity contribution in [1.29, 1.82) is 0 Å². The molecule has 2 N–H and O–H groups in total. The highest BCUT2D eigenvalue weighted by molar-refractivity contribution is 9.10. The van der Waals surface area contributed by atoms with Gasteiger partial charge in [-0.1, -0.05) is 22.9 Å². The molecular formula is C17H27BrN2O2. The molecule has 124 valence electrons. The Bertz CT molecular complexity index is 462. The molecule has 4 nitrogen and oxygen atoms in total. The molecule has 5 heteroatoms. The van der Waals surface area contributed by atoms with E-state index in [1.807, 2.05) is 12.1 Å². The highest BCUT2D eigenvalue weighted by Crippen LogP contribution is 2.36. The molecule has 0 saturated carbocycles. The first-order chi connectivity index (χ1) is 10.8. The van der Waals surface area contributed by atoms with Gasteiger partial charge in [-0.3, -0.25) is 0 Å². The Kier molecular flexibility index (Phi) is 7.49. The molecule has 2 rings (SSSR count). The zero-order valence-electron chi connectivity index (χ0n) is 13.6. The summed E-state index contributed by atoms with van der Waals surface area (Å²) in [5.74, 6) is 2.43. The Balaban J connectivity index is 2.00. The number of benzene rings is 1. The van der Waals surface area contributed by atoms with E-state index in [1.54, 1.807) is 7.11 Å². The van der Waals surface area contributed by atoms with Crippen LogP contribution in [0.2, 0.25) is 0 Å². The molecule has 1 aromatic rings. The summed E-state index contributed by atoms with van der Waals surface area (Å²) in [7, 11) is 1.69. The van der Waals surface area contributed by atoms with Crippen molar-refractivity contribution in [3.05, 3.63) is 22.2 Å². The highest BCUT2D eigenvalue weighted by Gasteiger charge is 2.16. The molecule has 0 atom stereocenters. The lowest BCUT2D eigenvalue weighted by atomic mass is 9.98.